The maximum atomic E-state index is 15.5. The first kappa shape index (κ1) is 66.2. The van der Waals surface area contributed by atoms with Crippen LogP contribution < -0.4 is 16.0 Å². The van der Waals surface area contributed by atoms with Crippen LogP contribution in [-0.4, -0.2) is 190 Å². The molecule has 0 aromatic heterocycles. The summed E-state index contributed by atoms with van der Waals surface area (Å²) in [5, 5.41) is 35.6. The zero-order chi connectivity index (χ0) is 62.2. The van der Waals surface area contributed by atoms with E-state index in [9.17, 15) is 34.2 Å². The Morgan fingerprint density at radius 3 is 1.94 bits per heavy atom. The van der Waals surface area contributed by atoms with Crippen molar-refractivity contribution in [1.29, 1.82) is 0 Å². The molecule has 5 N–H and O–H groups in total. The van der Waals surface area contributed by atoms with E-state index < -0.39 is 108 Å². The van der Waals surface area contributed by atoms with Crippen molar-refractivity contribution in [2.45, 2.75) is 193 Å². The van der Waals surface area contributed by atoms with Crippen molar-refractivity contribution < 1.29 is 48.5 Å². The molecule has 464 valence electrons. The maximum absolute atomic E-state index is 15.5. The first-order valence-electron chi connectivity index (χ1n) is 30.8. The van der Waals surface area contributed by atoms with Crippen LogP contribution >= 0.6 is 0 Å². The Bertz CT molecular complexity index is 2940. The smallest absolute Gasteiger partial charge is 0.252 e. The number of rotatable bonds is 12. The number of aliphatic hydroxyl groups is 2. The van der Waals surface area contributed by atoms with Gasteiger partial charge in [0.25, 0.3) is 5.91 Å². The number of nitrogens with zero attached hydrogens (tertiary/aromatic N) is 5. The molecule has 0 bridgehead atoms. The lowest BCUT2D eigenvalue weighted by Gasteiger charge is -2.42. The van der Waals surface area contributed by atoms with Crippen molar-refractivity contribution in [3.8, 4) is 11.1 Å². The Morgan fingerprint density at radius 1 is 0.647 bits per heavy atom. The van der Waals surface area contributed by atoms with E-state index in [1.807, 2.05) is 97.0 Å². The van der Waals surface area contributed by atoms with Gasteiger partial charge in [-0.1, -0.05) is 145 Å². The lowest BCUT2D eigenvalue weighted by Crippen LogP contribution is -2.63. The van der Waals surface area contributed by atoms with E-state index >= 15 is 4.79 Å². The summed E-state index contributed by atoms with van der Waals surface area (Å²) >= 11 is 0. The summed E-state index contributed by atoms with van der Waals surface area (Å²) in [7, 11) is 6.37. The zero-order valence-corrected chi connectivity index (χ0v) is 52.7. The second-order valence-electron chi connectivity index (χ2n) is 25.4. The highest BCUT2D eigenvalue weighted by Crippen LogP contribution is 2.38. The fourth-order valence-electron chi connectivity index (χ4n) is 12.1. The molecule has 7 rings (SSSR count). The van der Waals surface area contributed by atoms with Crippen LogP contribution in [0.1, 0.15) is 112 Å². The molecule has 3 aliphatic heterocycles. The molecule has 18 heteroatoms. The van der Waals surface area contributed by atoms with Crippen molar-refractivity contribution >= 4 is 46.2 Å². The van der Waals surface area contributed by atoms with Gasteiger partial charge in [-0.15, -0.1) is 0 Å². The summed E-state index contributed by atoms with van der Waals surface area (Å²) in [6, 6.07) is 25.6. The second kappa shape index (κ2) is 28.9. The predicted molar refractivity (Wildman–Crippen MR) is 330 cm³/mol. The van der Waals surface area contributed by atoms with Gasteiger partial charge in [-0.3, -0.25) is 33.7 Å². The highest BCUT2D eigenvalue weighted by atomic mass is 16.6. The van der Waals surface area contributed by atoms with Crippen LogP contribution in [-0.2, 0) is 51.1 Å². The number of likely N-dealkylation sites (N-methyl/N-ethyl adjacent to an activating group) is 4. The highest BCUT2D eigenvalue weighted by Gasteiger charge is 2.55. The Hall–Kier alpha value is -6.28. The number of carbonyl (C=O) groups is 6. The van der Waals surface area contributed by atoms with E-state index in [-0.39, 0.29) is 36.6 Å². The number of aliphatic hydroxyl groups excluding tert-OH is 1. The Kier molecular flexibility index (Phi) is 22.6. The van der Waals surface area contributed by atoms with Gasteiger partial charge in [-0.25, -0.2) is 0 Å². The molecule has 4 aromatic rings. The molecule has 3 aliphatic rings. The molecule has 0 radical (unpaired) electrons. The molecule has 10 unspecified atom stereocenters. The largest absolute Gasteiger partial charge is 0.388 e. The molecule has 18 nitrogen and oxygen atoms in total. The van der Waals surface area contributed by atoms with E-state index in [2.05, 4.69) is 69.4 Å². The first-order valence-corrected chi connectivity index (χ1v) is 30.8. The van der Waals surface area contributed by atoms with E-state index in [1.54, 1.807) is 25.9 Å². The maximum Gasteiger partial charge on any atom is 0.252 e. The third-order valence-electron chi connectivity index (χ3n) is 18.2. The molecule has 6 amide bonds. The summed E-state index contributed by atoms with van der Waals surface area (Å²) in [5.74, 6) is -3.62. The third-order valence-corrected chi connectivity index (χ3v) is 18.2. The number of ether oxygens (including phenoxy) is 2. The second-order valence-corrected chi connectivity index (χ2v) is 25.4. The minimum Gasteiger partial charge on any atom is -0.388 e. The molecular formula is C67H96N8O10. The number of hydrogen-bond donors (Lipinski definition) is 5. The Labute approximate surface area is 504 Å². The van der Waals surface area contributed by atoms with Gasteiger partial charge in [0.05, 0.1) is 23.7 Å². The molecule has 3 fully saturated rings. The number of amides is 6. The van der Waals surface area contributed by atoms with Crippen LogP contribution in [0.2, 0.25) is 0 Å². The molecule has 3 heterocycles. The van der Waals surface area contributed by atoms with Crippen molar-refractivity contribution in [2.24, 2.45) is 17.8 Å². The summed E-state index contributed by atoms with van der Waals surface area (Å²) in [6.07, 6.45) is -1.03. The number of epoxide rings is 1. The molecule has 0 spiro atoms. The van der Waals surface area contributed by atoms with Crippen molar-refractivity contribution in [2.75, 3.05) is 41.3 Å². The van der Waals surface area contributed by atoms with Crippen molar-refractivity contribution in [3.63, 3.8) is 0 Å². The van der Waals surface area contributed by atoms with Gasteiger partial charge in [0, 0.05) is 47.3 Å². The standard InChI is InChI=1S/C67H96N8O10/c1-15-41(5)55-63(80)72(12)44(8)59(76)69-52(34-40(3)4)62(79)74(14)58(67(9,10)83)66(82)85-56(42(6)16-2)64(81)71(11)43(7)39-68-51(36-45-24-18-17-19-25-45)61(78)73(13)54(57-65(84-57)75-33-23-30-53(75)60(77)70-55)37-46-26-22-29-48(35-46)50-32-31-47-27-20-21-28-49(47)38-50/h17-22,24-29,31-32,35,38,40-44,51-58,65-66,68,82-83H,15-16,23,30,33-34,36-37,39H2,1-14H3,(H,69,76)(H,70,77)/t41?,42-,43+,44+,51?,52?,53+,54?,55?,56?,57?,58?,65?,66?/m1/s1. The molecule has 0 aliphatic carbocycles. The number of carbonyl (C=O) groups excluding carboxylic acids is 6. The van der Waals surface area contributed by atoms with Crippen LogP contribution in [0, 0.1) is 17.8 Å². The Balaban J connectivity index is 1.28. The summed E-state index contributed by atoms with van der Waals surface area (Å²) < 4.78 is 13.0. The van der Waals surface area contributed by atoms with Gasteiger partial charge < -0.3 is 55.2 Å². The average molecular weight is 1170 g/mol. The van der Waals surface area contributed by atoms with Gasteiger partial charge in [-0.05, 0) is 117 Å². The number of fused-ring (bicyclic) bond motifs is 4. The monoisotopic (exact) mass is 1170 g/mol. The molecule has 3 saturated heterocycles. The average Bonchev–Trinajstić information content (AvgIpc) is 2.02. The summed E-state index contributed by atoms with van der Waals surface area (Å²) in [6.45, 7) is 18.3. The van der Waals surface area contributed by atoms with Gasteiger partial charge >= 0.3 is 0 Å². The lowest BCUT2D eigenvalue weighted by atomic mass is 9.94. The van der Waals surface area contributed by atoms with Gasteiger partial charge in [0.2, 0.25) is 29.5 Å². The van der Waals surface area contributed by atoms with Crippen LogP contribution in [0.5, 0.6) is 0 Å². The molecule has 14 atom stereocenters. The normalized spacial score (nSPS) is 28.8. The number of hydrogen-bond acceptors (Lipinski definition) is 12. The Morgan fingerprint density at radius 2 is 1.28 bits per heavy atom. The third kappa shape index (κ3) is 16.0. The molecule has 0 saturated carbocycles. The lowest BCUT2D eigenvalue weighted by molar-refractivity contribution is -0.217. The van der Waals surface area contributed by atoms with E-state index in [4.69, 9.17) is 9.47 Å². The molecular weight excluding hydrogens is 1080 g/mol. The minimum absolute atomic E-state index is 0.110. The highest BCUT2D eigenvalue weighted by molar-refractivity contribution is 5.95. The van der Waals surface area contributed by atoms with E-state index in [0.29, 0.717) is 45.1 Å². The summed E-state index contributed by atoms with van der Waals surface area (Å²) in [4.78, 5) is 96.7. The van der Waals surface area contributed by atoms with Gasteiger partial charge in [0.1, 0.15) is 42.6 Å². The number of benzene rings is 4. The topological polar surface area (TPSA) is 217 Å². The van der Waals surface area contributed by atoms with Crippen LogP contribution in [0.4, 0.5) is 0 Å². The summed E-state index contributed by atoms with van der Waals surface area (Å²) in [5.41, 5.74) is 2.19. The van der Waals surface area contributed by atoms with E-state index in [1.165, 1.54) is 37.7 Å². The SMILES string of the molecule is CCC(C)C1NC(=O)[C@@H]2CCCN2C2OC2C(Cc2cccc(-c3ccc4ccccc4c3)c2)N(C)C(=O)C(Cc2ccccc2)NC[C@H](C)N(C)C(=O)C([C@H](C)CC)OC(O)C(C(C)(C)O)N(C)C(=O)C(CC(C)C)NC(=O)[C@H](C)N(C)C1=O. The van der Waals surface area contributed by atoms with Gasteiger partial charge in [-0.2, -0.15) is 0 Å². The molecule has 4 aromatic carbocycles. The van der Waals surface area contributed by atoms with Crippen LogP contribution in [0.3, 0.4) is 0 Å². The fourth-order valence-corrected chi connectivity index (χ4v) is 12.1. The minimum atomic E-state index is -1.89. The van der Waals surface area contributed by atoms with Crippen LogP contribution in [0.25, 0.3) is 21.9 Å². The predicted octanol–water partition coefficient (Wildman–Crippen LogP) is 6.38. The first-order chi connectivity index (χ1) is 40.2. The number of nitrogens with one attached hydrogen (secondary N) is 3. The van der Waals surface area contributed by atoms with Crippen molar-refractivity contribution in [3.05, 3.63) is 108 Å². The molecule has 85 heavy (non-hydrogen) atoms. The van der Waals surface area contributed by atoms with Gasteiger partial charge in [0.15, 0.2) is 6.29 Å². The van der Waals surface area contributed by atoms with Crippen LogP contribution in [0.15, 0.2) is 97.1 Å². The fraction of sp³-hybridized carbons (Fsp3) is 0.582. The van der Waals surface area contributed by atoms with Crippen molar-refractivity contribution in [1.82, 2.24) is 40.4 Å². The van der Waals surface area contributed by atoms with E-state index in [0.717, 1.165) is 37.9 Å². The zero-order valence-electron chi connectivity index (χ0n) is 52.7. The quantitative estimate of drug-likeness (QED) is 0.0977.